The summed E-state index contributed by atoms with van der Waals surface area (Å²) in [6.07, 6.45) is 1.64. The average Bonchev–Trinajstić information content (AvgIpc) is 3.25. The molecule has 0 spiro atoms. The number of aryl methyl sites for hydroxylation is 1. The molecule has 3 aromatic rings. The highest BCUT2D eigenvalue weighted by molar-refractivity contribution is 7.07. The Bertz CT molecular complexity index is 756. The Morgan fingerprint density at radius 1 is 1.35 bits per heavy atom. The van der Waals surface area contributed by atoms with E-state index in [1.54, 1.807) is 10.9 Å². The zero-order valence-corrected chi connectivity index (χ0v) is 13.4. The van der Waals surface area contributed by atoms with Crippen molar-refractivity contribution in [3.05, 3.63) is 64.2 Å². The lowest BCUT2D eigenvalue weighted by Crippen LogP contribution is -2.30. The van der Waals surface area contributed by atoms with Gasteiger partial charge < -0.3 is 9.84 Å². The van der Waals surface area contributed by atoms with Gasteiger partial charge in [0.25, 0.3) is 5.91 Å². The van der Waals surface area contributed by atoms with Gasteiger partial charge in [-0.1, -0.05) is 42.4 Å². The first-order valence-electron chi connectivity index (χ1n) is 7.34. The SMILES string of the molecule is CCCc1nc([C@@H](NC(=O)c2cscn2)c2ccccc2)no1. The van der Waals surface area contributed by atoms with E-state index >= 15 is 0 Å². The van der Waals surface area contributed by atoms with Gasteiger partial charge in [-0.15, -0.1) is 11.3 Å². The minimum atomic E-state index is -0.472. The first-order valence-corrected chi connectivity index (χ1v) is 8.28. The summed E-state index contributed by atoms with van der Waals surface area (Å²) in [7, 11) is 0. The second-order valence-corrected chi connectivity index (χ2v) is 5.71. The molecule has 6 nitrogen and oxygen atoms in total. The molecule has 0 saturated heterocycles. The molecule has 7 heteroatoms. The lowest BCUT2D eigenvalue weighted by atomic mass is 10.1. The third-order valence-electron chi connectivity index (χ3n) is 3.28. The molecule has 0 bridgehead atoms. The zero-order valence-electron chi connectivity index (χ0n) is 12.6. The van der Waals surface area contributed by atoms with E-state index in [4.69, 9.17) is 4.52 Å². The van der Waals surface area contributed by atoms with Gasteiger partial charge in [0.05, 0.1) is 5.51 Å². The molecule has 1 N–H and O–H groups in total. The van der Waals surface area contributed by atoms with Gasteiger partial charge in [-0.3, -0.25) is 4.79 Å². The number of nitrogens with zero attached hydrogens (tertiary/aromatic N) is 3. The van der Waals surface area contributed by atoms with Gasteiger partial charge in [0.1, 0.15) is 11.7 Å². The molecule has 0 unspecified atom stereocenters. The van der Waals surface area contributed by atoms with E-state index in [0.29, 0.717) is 23.8 Å². The second-order valence-electron chi connectivity index (χ2n) is 4.99. The standard InChI is InChI=1S/C16H16N4O2S/c1-2-6-13-18-15(20-22-13)14(11-7-4-3-5-8-11)19-16(21)12-9-23-10-17-12/h3-5,7-10,14H,2,6H2,1H3,(H,19,21)/t14-/m0/s1. The minimum Gasteiger partial charge on any atom is -0.339 e. The Balaban J connectivity index is 1.88. The van der Waals surface area contributed by atoms with Crippen LogP contribution in [-0.4, -0.2) is 21.0 Å². The topological polar surface area (TPSA) is 80.9 Å². The van der Waals surface area contributed by atoms with Crippen LogP contribution in [0.1, 0.15) is 47.2 Å². The highest BCUT2D eigenvalue weighted by atomic mass is 32.1. The van der Waals surface area contributed by atoms with Gasteiger partial charge in [-0.05, 0) is 12.0 Å². The van der Waals surface area contributed by atoms with E-state index in [9.17, 15) is 4.79 Å². The number of nitrogens with one attached hydrogen (secondary N) is 1. The van der Waals surface area contributed by atoms with Gasteiger partial charge in [0, 0.05) is 11.8 Å². The van der Waals surface area contributed by atoms with E-state index in [-0.39, 0.29) is 5.91 Å². The molecule has 23 heavy (non-hydrogen) atoms. The quantitative estimate of drug-likeness (QED) is 0.752. The van der Waals surface area contributed by atoms with Crippen molar-refractivity contribution in [2.24, 2.45) is 0 Å². The van der Waals surface area contributed by atoms with E-state index < -0.39 is 6.04 Å². The third kappa shape index (κ3) is 3.62. The van der Waals surface area contributed by atoms with Crippen molar-refractivity contribution in [1.29, 1.82) is 0 Å². The Kier molecular flexibility index (Phi) is 4.77. The largest absolute Gasteiger partial charge is 0.339 e. The van der Waals surface area contributed by atoms with Crippen LogP contribution in [0.25, 0.3) is 0 Å². The molecule has 0 fully saturated rings. The fourth-order valence-corrected chi connectivity index (χ4v) is 2.70. The van der Waals surface area contributed by atoms with Crippen molar-refractivity contribution in [2.75, 3.05) is 0 Å². The molecule has 0 saturated carbocycles. The van der Waals surface area contributed by atoms with Gasteiger partial charge in [-0.25, -0.2) is 4.98 Å². The smallest absolute Gasteiger partial charge is 0.271 e. The summed E-state index contributed by atoms with van der Waals surface area (Å²) in [4.78, 5) is 20.8. The normalized spacial score (nSPS) is 12.0. The molecule has 2 aromatic heterocycles. The van der Waals surface area contributed by atoms with Crippen molar-refractivity contribution in [3.63, 3.8) is 0 Å². The number of benzene rings is 1. The predicted octanol–water partition coefficient (Wildman–Crippen LogP) is 3.00. The summed E-state index contributed by atoms with van der Waals surface area (Å²) in [5.74, 6) is 0.761. The Morgan fingerprint density at radius 3 is 2.87 bits per heavy atom. The zero-order chi connectivity index (χ0) is 16.1. The highest BCUT2D eigenvalue weighted by Crippen LogP contribution is 2.20. The molecule has 1 amide bonds. The van der Waals surface area contributed by atoms with Crippen molar-refractivity contribution >= 4 is 17.2 Å². The third-order valence-corrected chi connectivity index (χ3v) is 3.87. The summed E-state index contributed by atoms with van der Waals surface area (Å²) in [5.41, 5.74) is 2.90. The Hall–Kier alpha value is -2.54. The number of hydrogen-bond acceptors (Lipinski definition) is 6. The molecule has 1 atom stereocenters. The molecular formula is C16H16N4O2S. The van der Waals surface area contributed by atoms with Gasteiger partial charge in [0.15, 0.2) is 5.82 Å². The van der Waals surface area contributed by atoms with Gasteiger partial charge in [0.2, 0.25) is 5.89 Å². The molecular weight excluding hydrogens is 312 g/mol. The van der Waals surface area contributed by atoms with E-state index in [1.165, 1.54) is 11.3 Å². The maximum atomic E-state index is 12.3. The van der Waals surface area contributed by atoms with Crippen LogP contribution in [0.3, 0.4) is 0 Å². The van der Waals surface area contributed by atoms with Crippen LogP contribution in [0, 0.1) is 0 Å². The highest BCUT2D eigenvalue weighted by Gasteiger charge is 2.23. The van der Waals surface area contributed by atoms with Crippen molar-refractivity contribution in [3.8, 4) is 0 Å². The molecule has 0 aliphatic heterocycles. The monoisotopic (exact) mass is 328 g/mol. The average molecular weight is 328 g/mol. The van der Waals surface area contributed by atoms with Crippen LogP contribution in [-0.2, 0) is 6.42 Å². The molecule has 118 valence electrons. The van der Waals surface area contributed by atoms with Gasteiger partial charge >= 0.3 is 0 Å². The molecule has 2 heterocycles. The van der Waals surface area contributed by atoms with Crippen LogP contribution in [0.15, 0.2) is 45.7 Å². The lowest BCUT2D eigenvalue weighted by molar-refractivity contribution is 0.0937. The van der Waals surface area contributed by atoms with Gasteiger partial charge in [-0.2, -0.15) is 4.98 Å². The summed E-state index contributed by atoms with van der Waals surface area (Å²) in [6.45, 7) is 2.04. The summed E-state index contributed by atoms with van der Waals surface area (Å²) >= 11 is 1.38. The molecule has 3 rings (SSSR count). The van der Waals surface area contributed by atoms with Crippen molar-refractivity contribution in [2.45, 2.75) is 25.8 Å². The van der Waals surface area contributed by atoms with Crippen molar-refractivity contribution in [1.82, 2.24) is 20.4 Å². The summed E-state index contributed by atoms with van der Waals surface area (Å²) < 4.78 is 5.25. The Morgan fingerprint density at radius 2 is 2.17 bits per heavy atom. The molecule has 0 aliphatic carbocycles. The number of carbonyl (C=O) groups excluding carboxylic acids is 1. The van der Waals surface area contributed by atoms with Crippen molar-refractivity contribution < 1.29 is 9.32 Å². The number of carbonyl (C=O) groups is 1. The Labute approximate surface area is 137 Å². The molecule has 0 aliphatic rings. The van der Waals surface area contributed by atoms with Crippen LogP contribution < -0.4 is 5.32 Å². The van der Waals surface area contributed by atoms with Crippen LogP contribution >= 0.6 is 11.3 Å². The summed E-state index contributed by atoms with van der Waals surface area (Å²) in [6, 6.07) is 9.10. The number of aromatic nitrogens is 3. The number of hydrogen-bond donors (Lipinski definition) is 1. The molecule has 0 radical (unpaired) electrons. The number of rotatable bonds is 6. The molecule has 1 aromatic carbocycles. The number of thiazole rings is 1. The fraction of sp³-hybridized carbons (Fsp3) is 0.250. The minimum absolute atomic E-state index is 0.262. The van der Waals surface area contributed by atoms with E-state index in [2.05, 4.69) is 20.4 Å². The fourth-order valence-electron chi connectivity index (χ4n) is 2.17. The maximum Gasteiger partial charge on any atom is 0.271 e. The second kappa shape index (κ2) is 7.15. The van der Waals surface area contributed by atoms with E-state index in [1.807, 2.05) is 37.3 Å². The van der Waals surface area contributed by atoms with Crippen LogP contribution in [0.5, 0.6) is 0 Å². The predicted molar refractivity (Wildman–Crippen MR) is 86.2 cm³/mol. The lowest BCUT2D eigenvalue weighted by Gasteiger charge is -2.15. The van der Waals surface area contributed by atoms with Crippen LogP contribution in [0.2, 0.25) is 0 Å². The first-order chi connectivity index (χ1) is 11.3. The van der Waals surface area contributed by atoms with Crippen LogP contribution in [0.4, 0.5) is 0 Å². The van der Waals surface area contributed by atoms with E-state index in [0.717, 1.165) is 12.0 Å². The summed E-state index contributed by atoms with van der Waals surface area (Å²) in [5, 5.41) is 8.66. The number of amides is 1. The first kappa shape index (κ1) is 15.4. The maximum absolute atomic E-state index is 12.3.